The summed E-state index contributed by atoms with van der Waals surface area (Å²) in [7, 11) is 1.59. The highest BCUT2D eigenvalue weighted by molar-refractivity contribution is 6.30. The lowest BCUT2D eigenvalue weighted by atomic mass is 10.2. The van der Waals surface area contributed by atoms with E-state index >= 15 is 0 Å². The fourth-order valence-electron chi connectivity index (χ4n) is 1.75. The smallest absolute Gasteiger partial charge is 0.169 e. The largest absolute Gasteiger partial charge is 0.493 e. The van der Waals surface area contributed by atoms with Crippen LogP contribution in [0.4, 0.5) is 0 Å². The molecule has 0 spiro atoms. The Balaban J connectivity index is 2.36. The van der Waals surface area contributed by atoms with Gasteiger partial charge in [0, 0.05) is 10.6 Å². The van der Waals surface area contributed by atoms with Gasteiger partial charge in [0.05, 0.1) is 13.7 Å². The molecule has 2 aromatic rings. The number of methoxy groups -OCH3 is 1. The summed E-state index contributed by atoms with van der Waals surface area (Å²) in [5.41, 5.74) is 1.72. The number of benzene rings is 2. The summed E-state index contributed by atoms with van der Waals surface area (Å²) < 4.78 is 11.1. The molecule has 3 nitrogen and oxygen atoms in total. The van der Waals surface area contributed by atoms with Crippen LogP contribution in [-0.2, 0) is 6.61 Å². The molecular formula is C15H15ClO3. The van der Waals surface area contributed by atoms with Gasteiger partial charge in [-0.05, 0) is 42.8 Å². The maximum atomic E-state index is 9.32. The maximum Gasteiger partial charge on any atom is 0.169 e. The van der Waals surface area contributed by atoms with Gasteiger partial charge >= 0.3 is 0 Å². The van der Waals surface area contributed by atoms with Crippen molar-refractivity contribution in [2.24, 2.45) is 0 Å². The van der Waals surface area contributed by atoms with Gasteiger partial charge in [0.25, 0.3) is 0 Å². The van der Waals surface area contributed by atoms with Crippen molar-refractivity contribution in [3.05, 3.63) is 52.5 Å². The van der Waals surface area contributed by atoms with Crippen LogP contribution in [0.1, 0.15) is 11.1 Å². The summed E-state index contributed by atoms with van der Waals surface area (Å²) in [5, 5.41) is 9.88. The summed E-state index contributed by atoms with van der Waals surface area (Å²) in [6, 6.07) is 10.8. The molecule has 0 saturated heterocycles. The maximum absolute atomic E-state index is 9.32. The lowest BCUT2D eigenvalue weighted by molar-refractivity contribution is 0.275. The summed E-state index contributed by atoms with van der Waals surface area (Å²) >= 11 is 5.89. The highest BCUT2D eigenvalue weighted by atomic mass is 35.5. The van der Waals surface area contributed by atoms with Gasteiger partial charge < -0.3 is 14.6 Å². The zero-order valence-electron chi connectivity index (χ0n) is 10.8. The Hall–Kier alpha value is -1.71. The van der Waals surface area contributed by atoms with Gasteiger partial charge in [-0.1, -0.05) is 17.7 Å². The average molecular weight is 279 g/mol. The number of aryl methyl sites for hydroxylation is 1. The topological polar surface area (TPSA) is 38.7 Å². The highest BCUT2D eigenvalue weighted by Gasteiger charge is 2.09. The summed E-state index contributed by atoms with van der Waals surface area (Å²) in [6.45, 7) is 1.85. The third-order valence-electron chi connectivity index (χ3n) is 2.73. The quantitative estimate of drug-likeness (QED) is 0.920. The van der Waals surface area contributed by atoms with Crippen LogP contribution in [0, 0.1) is 6.92 Å². The molecule has 0 unspecified atom stereocenters. The molecule has 100 valence electrons. The molecular weight excluding hydrogens is 264 g/mol. The number of hydrogen-bond donors (Lipinski definition) is 1. The van der Waals surface area contributed by atoms with Crippen molar-refractivity contribution in [3.8, 4) is 17.2 Å². The van der Waals surface area contributed by atoms with Crippen LogP contribution >= 0.6 is 11.6 Å². The van der Waals surface area contributed by atoms with E-state index in [1.165, 1.54) is 0 Å². The lowest BCUT2D eigenvalue weighted by Crippen LogP contribution is -1.94. The summed E-state index contributed by atoms with van der Waals surface area (Å²) in [4.78, 5) is 0. The minimum atomic E-state index is -0.135. The predicted molar refractivity (Wildman–Crippen MR) is 75.2 cm³/mol. The number of aliphatic hydroxyl groups excluding tert-OH is 1. The van der Waals surface area contributed by atoms with Crippen LogP contribution in [0.3, 0.4) is 0 Å². The van der Waals surface area contributed by atoms with Crippen LogP contribution in [-0.4, -0.2) is 12.2 Å². The minimum Gasteiger partial charge on any atom is -0.493 e. The Bertz CT molecular complexity index is 530. The van der Waals surface area contributed by atoms with Crippen molar-refractivity contribution >= 4 is 11.6 Å². The molecule has 0 fully saturated rings. The predicted octanol–water partition coefficient (Wildman–Crippen LogP) is 3.94. The van der Waals surface area contributed by atoms with Gasteiger partial charge in [-0.25, -0.2) is 0 Å². The van der Waals surface area contributed by atoms with E-state index in [1.807, 2.05) is 25.1 Å². The van der Waals surface area contributed by atoms with E-state index in [1.54, 1.807) is 25.3 Å². The first-order valence-corrected chi connectivity index (χ1v) is 6.23. The van der Waals surface area contributed by atoms with E-state index in [0.717, 1.165) is 5.56 Å². The first-order valence-electron chi connectivity index (χ1n) is 5.86. The lowest BCUT2D eigenvalue weighted by Gasteiger charge is -2.13. The summed E-state index contributed by atoms with van der Waals surface area (Å²) in [6.07, 6.45) is 0. The van der Waals surface area contributed by atoms with Crippen LogP contribution < -0.4 is 9.47 Å². The number of aliphatic hydroxyl groups is 1. The van der Waals surface area contributed by atoms with Crippen molar-refractivity contribution in [2.45, 2.75) is 13.5 Å². The van der Waals surface area contributed by atoms with Crippen LogP contribution in [0.2, 0.25) is 5.02 Å². The molecule has 0 heterocycles. The molecule has 4 heteroatoms. The molecule has 0 atom stereocenters. The number of ether oxygens (including phenoxy) is 2. The van der Waals surface area contributed by atoms with E-state index in [9.17, 15) is 5.11 Å². The minimum absolute atomic E-state index is 0.135. The van der Waals surface area contributed by atoms with E-state index in [2.05, 4.69) is 0 Å². The molecule has 0 aliphatic carbocycles. The van der Waals surface area contributed by atoms with Crippen LogP contribution in [0.15, 0.2) is 36.4 Å². The van der Waals surface area contributed by atoms with Crippen molar-refractivity contribution in [1.82, 2.24) is 0 Å². The standard InChI is InChI=1S/C15H15ClO3/c1-10-3-5-14(15(7-10)18-2)19-13-6-4-12(16)8-11(13)9-17/h3-8,17H,9H2,1-2H3. The second-order valence-electron chi connectivity index (χ2n) is 4.17. The van der Waals surface area contributed by atoms with Crippen molar-refractivity contribution in [2.75, 3.05) is 7.11 Å². The monoisotopic (exact) mass is 278 g/mol. The molecule has 0 saturated carbocycles. The van der Waals surface area contributed by atoms with Gasteiger partial charge in [-0.3, -0.25) is 0 Å². The molecule has 0 bridgehead atoms. The van der Waals surface area contributed by atoms with Crippen LogP contribution in [0.5, 0.6) is 17.2 Å². The second kappa shape index (κ2) is 5.95. The van der Waals surface area contributed by atoms with Gasteiger partial charge in [-0.2, -0.15) is 0 Å². The van der Waals surface area contributed by atoms with Gasteiger partial charge in [0.1, 0.15) is 5.75 Å². The Morgan fingerprint density at radius 2 is 1.79 bits per heavy atom. The third kappa shape index (κ3) is 3.19. The number of rotatable bonds is 4. The van der Waals surface area contributed by atoms with Gasteiger partial charge in [0.15, 0.2) is 11.5 Å². The van der Waals surface area contributed by atoms with Crippen molar-refractivity contribution < 1.29 is 14.6 Å². The zero-order chi connectivity index (χ0) is 13.8. The Labute approximate surface area is 117 Å². The molecule has 2 rings (SSSR count). The molecule has 0 aromatic heterocycles. The van der Waals surface area contributed by atoms with E-state index in [-0.39, 0.29) is 6.61 Å². The summed E-state index contributed by atoms with van der Waals surface area (Å²) in [5.74, 6) is 1.82. The molecule has 0 aliphatic heterocycles. The second-order valence-corrected chi connectivity index (χ2v) is 4.60. The SMILES string of the molecule is COc1cc(C)ccc1Oc1ccc(Cl)cc1CO. The number of hydrogen-bond acceptors (Lipinski definition) is 3. The van der Waals surface area contributed by atoms with Crippen LogP contribution in [0.25, 0.3) is 0 Å². The Morgan fingerprint density at radius 1 is 1.05 bits per heavy atom. The normalized spacial score (nSPS) is 10.3. The molecule has 0 amide bonds. The molecule has 1 N–H and O–H groups in total. The molecule has 0 aliphatic rings. The van der Waals surface area contributed by atoms with Gasteiger partial charge in [-0.15, -0.1) is 0 Å². The zero-order valence-corrected chi connectivity index (χ0v) is 11.6. The average Bonchev–Trinajstić information content (AvgIpc) is 2.42. The van der Waals surface area contributed by atoms with E-state index in [0.29, 0.717) is 27.8 Å². The first-order chi connectivity index (χ1) is 9.13. The fraction of sp³-hybridized carbons (Fsp3) is 0.200. The van der Waals surface area contributed by atoms with E-state index in [4.69, 9.17) is 21.1 Å². The van der Waals surface area contributed by atoms with E-state index < -0.39 is 0 Å². The molecule has 19 heavy (non-hydrogen) atoms. The first kappa shape index (κ1) is 13.7. The highest BCUT2D eigenvalue weighted by Crippen LogP contribution is 2.34. The third-order valence-corrected chi connectivity index (χ3v) is 2.97. The Morgan fingerprint density at radius 3 is 2.47 bits per heavy atom. The Kier molecular flexibility index (Phi) is 4.30. The van der Waals surface area contributed by atoms with Crippen molar-refractivity contribution in [1.29, 1.82) is 0 Å². The fourth-order valence-corrected chi connectivity index (χ4v) is 1.94. The van der Waals surface area contributed by atoms with Gasteiger partial charge in [0.2, 0.25) is 0 Å². The number of halogens is 1. The van der Waals surface area contributed by atoms with Crippen molar-refractivity contribution in [3.63, 3.8) is 0 Å². The molecule has 0 radical (unpaired) electrons. The molecule has 2 aromatic carbocycles.